The largest absolute Gasteiger partial charge is 0.378 e. The summed E-state index contributed by atoms with van der Waals surface area (Å²) in [4.78, 5) is 11.7. The third kappa shape index (κ3) is 5.66. The maximum Gasteiger partial charge on any atom is 0.319 e. The van der Waals surface area contributed by atoms with Gasteiger partial charge in [-0.1, -0.05) is 18.9 Å². The van der Waals surface area contributed by atoms with Crippen LogP contribution in [0.15, 0.2) is 24.3 Å². The number of halogens is 1. The van der Waals surface area contributed by atoms with Crippen molar-refractivity contribution in [2.75, 3.05) is 18.5 Å². The molecule has 0 aliphatic heterocycles. The van der Waals surface area contributed by atoms with E-state index in [1.807, 2.05) is 24.3 Å². The summed E-state index contributed by atoms with van der Waals surface area (Å²) in [5.74, 6) is 0. The summed E-state index contributed by atoms with van der Waals surface area (Å²) >= 11 is 2.22. The Kier molecular flexibility index (Phi) is 6.59. The Hall–Kier alpha value is -0.820. The van der Waals surface area contributed by atoms with Crippen LogP contribution in [-0.4, -0.2) is 25.3 Å². The van der Waals surface area contributed by atoms with Gasteiger partial charge in [-0.05, 0) is 60.1 Å². The van der Waals surface area contributed by atoms with Gasteiger partial charge in [0.05, 0.1) is 6.10 Å². The Morgan fingerprint density at radius 1 is 1.35 bits per heavy atom. The number of anilines is 1. The molecule has 2 rings (SSSR count). The molecule has 1 saturated carbocycles. The van der Waals surface area contributed by atoms with Crippen LogP contribution in [-0.2, 0) is 4.74 Å². The van der Waals surface area contributed by atoms with Crippen LogP contribution in [0.25, 0.3) is 0 Å². The number of rotatable bonds is 6. The lowest BCUT2D eigenvalue weighted by molar-refractivity contribution is 0.0572. The molecular formula is C15H21IN2O2. The summed E-state index contributed by atoms with van der Waals surface area (Å²) in [6.07, 6.45) is 6.29. The fraction of sp³-hybridized carbons (Fsp3) is 0.533. The molecule has 1 aromatic carbocycles. The molecule has 2 N–H and O–H groups in total. The molecule has 5 heteroatoms. The first kappa shape index (κ1) is 15.6. The standard InChI is InChI=1S/C15H21IN2O2/c16-12-5-3-6-13(11-12)18-15(19)17-9-4-10-20-14-7-1-2-8-14/h3,5-6,11,14H,1-2,4,7-10H2,(H2,17,18,19). The van der Waals surface area contributed by atoms with Gasteiger partial charge in [0, 0.05) is 22.4 Å². The monoisotopic (exact) mass is 388 g/mol. The highest BCUT2D eigenvalue weighted by molar-refractivity contribution is 14.1. The smallest absolute Gasteiger partial charge is 0.319 e. The molecular weight excluding hydrogens is 367 g/mol. The first-order valence-corrected chi connectivity index (χ1v) is 8.24. The Balaban J connectivity index is 1.55. The number of carbonyl (C=O) groups excluding carboxylic acids is 1. The molecule has 2 amide bonds. The van der Waals surface area contributed by atoms with Crippen molar-refractivity contribution in [3.05, 3.63) is 27.8 Å². The van der Waals surface area contributed by atoms with E-state index in [1.165, 1.54) is 25.7 Å². The van der Waals surface area contributed by atoms with Crippen molar-refractivity contribution in [2.24, 2.45) is 0 Å². The lowest BCUT2D eigenvalue weighted by atomic mass is 10.3. The number of hydrogen-bond donors (Lipinski definition) is 2. The molecule has 0 bridgehead atoms. The zero-order valence-electron chi connectivity index (χ0n) is 11.5. The first-order chi connectivity index (χ1) is 9.74. The van der Waals surface area contributed by atoms with E-state index in [0.717, 1.165) is 22.3 Å². The van der Waals surface area contributed by atoms with Crippen LogP contribution in [0.5, 0.6) is 0 Å². The van der Waals surface area contributed by atoms with Gasteiger partial charge in [-0.15, -0.1) is 0 Å². The summed E-state index contributed by atoms with van der Waals surface area (Å²) in [6.45, 7) is 1.37. The van der Waals surface area contributed by atoms with E-state index in [-0.39, 0.29) is 6.03 Å². The molecule has 0 radical (unpaired) electrons. The molecule has 0 atom stereocenters. The van der Waals surface area contributed by atoms with Gasteiger partial charge >= 0.3 is 6.03 Å². The van der Waals surface area contributed by atoms with Gasteiger partial charge in [-0.2, -0.15) is 0 Å². The van der Waals surface area contributed by atoms with Crippen molar-refractivity contribution in [1.82, 2.24) is 5.32 Å². The van der Waals surface area contributed by atoms with Crippen LogP contribution in [0.2, 0.25) is 0 Å². The van der Waals surface area contributed by atoms with E-state index in [2.05, 4.69) is 33.2 Å². The van der Waals surface area contributed by atoms with Gasteiger partial charge in [-0.3, -0.25) is 0 Å². The summed E-state index contributed by atoms with van der Waals surface area (Å²) in [5, 5.41) is 5.66. The van der Waals surface area contributed by atoms with Crippen molar-refractivity contribution in [3.63, 3.8) is 0 Å². The van der Waals surface area contributed by atoms with E-state index in [1.54, 1.807) is 0 Å². The third-order valence-corrected chi connectivity index (χ3v) is 4.02. The number of ether oxygens (including phenoxy) is 1. The summed E-state index contributed by atoms with van der Waals surface area (Å²) in [7, 11) is 0. The number of carbonyl (C=O) groups is 1. The highest BCUT2D eigenvalue weighted by atomic mass is 127. The molecule has 20 heavy (non-hydrogen) atoms. The Labute approximate surface area is 133 Å². The van der Waals surface area contributed by atoms with Crippen LogP contribution in [0.4, 0.5) is 10.5 Å². The Morgan fingerprint density at radius 2 is 2.15 bits per heavy atom. The van der Waals surface area contributed by atoms with Crippen molar-refractivity contribution in [1.29, 1.82) is 0 Å². The Bertz CT molecular complexity index is 434. The predicted molar refractivity (Wildman–Crippen MR) is 89.0 cm³/mol. The molecule has 1 aliphatic rings. The maximum atomic E-state index is 11.7. The molecule has 1 fully saturated rings. The topological polar surface area (TPSA) is 50.4 Å². The minimum Gasteiger partial charge on any atom is -0.378 e. The average Bonchev–Trinajstić information content (AvgIpc) is 2.91. The van der Waals surface area contributed by atoms with Gasteiger partial charge in [-0.25, -0.2) is 4.79 Å². The number of nitrogens with one attached hydrogen (secondary N) is 2. The third-order valence-electron chi connectivity index (χ3n) is 3.34. The lowest BCUT2D eigenvalue weighted by Gasteiger charge is -2.11. The van der Waals surface area contributed by atoms with Crippen molar-refractivity contribution in [3.8, 4) is 0 Å². The van der Waals surface area contributed by atoms with Crippen LogP contribution in [0.3, 0.4) is 0 Å². The predicted octanol–water partition coefficient (Wildman–Crippen LogP) is 3.76. The summed E-state index contributed by atoms with van der Waals surface area (Å²) < 4.78 is 6.85. The number of hydrogen-bond acceptors (Lipinski definition) is 2. The number of benzene rings is 1. The quantitative estimate of drug-likeness (QED) is 0.576. The van der Waals surface area contributed by atoms with E-state index in [9.17, 15) is 4.79 Å². The summed E-state index contributed by atoms with van der Waals surface area (Å²) in [6, 6.07) is 7.57. The van der Waals surface area contributed by atoms with Gasteiger partial charge in [0.2, 0.25) is 0 Å². The fourth-order valence-electron chi connectivity index (χ4n) is 2.32. The number of amides is 2. The SMILES string of the molecule is O=C(NCCCOC1CCCC1)Nc1cccc(I)c1. The van der Waals surface area contributed by atoms with Crippen molar-refractivity contribution in [2.45, 2.75) is 38.2 Å². The Morgan fingerprint density at radius 3 is 2.90 bits per heavy atom. The molecule has 0 heterocycles. The van der Waals surface area contributed by atoms with Gasteiger partial charge in [0.25, 0.3) is 0 Å². The van der Waals surface area contributed by atoms with Crippen molar-refractivity contribution >= 4 is 34.3 Å². The van der Waals surface area contributed by atoms with Crippen LogP contribution < -0.4 is 10.6 Å². The maximum absolute atomic E-state index is 11.7. The normalized spacial score (nSPS) is 15.2. The van der Waals surface area contributed by atoms with Gasteiger partial charge in [0.15, 0.2) is 0 Å². The molecule has 0 spiro atoms. The molecule has 0 saturated heterocycles. The van der Waals surface area contributed by atoms with E-state index in [4.69, 9.17) is 4.74 Å². The number of urea groups is 1. The molecule has 0 unspecified atom stereocenters. The molecule has 1 aliphatic carbocycles. The van der Waals surface area contributed by atoms with Crippen LogP contribution >= 0.6 is 22.6 Å². The molecule has 4 nitrogen and oxygen atoms in total. The first-order valence-electron chi connectivity index (χ1n) is 7.16. The van der Waals surface area contributed by atoms with Gasteiger partial charge in [0.1, 0.15) is 0 Å². The van der Waals surface area contributed by atoms with Crippen LogP contribution in [0.1, 0.15) is 32.1 Å². The highest BCUT2D eigenvalue weighted by Crippen LogP contribution is 2.20. The molecule has 1 aromatic rings. The zero-order valence-corrected chi connectivity index (χ0v) is 13.7. The fourth-order valence-corrected chi connectivity index (χ4v) is 2.86. The van der Waals surface area contributed by atoms with Gasteiger partial charge < -0.3 is 15.4 Å². The van der Waals surface area contributed by atoms with Crippen molar-refractivity contribution < 1.29 is 9.53 Å². The zero-order chi connectivity index (χ0) is 14.2. The highest BCUT2D eigenvalue weighted by Gasteiger charge is 2.14. The second-order valence-electron chi connectivity index (χ2n) is 5.02. The van der Waals surface area contributed by atoms with E-state index in [0.29, 0.717) is 12.6 Å². The lowest BCUT2D eigenvalue weighted by Crippen LogP contribution is -2.30. The minimum absolute atomic E-state index is 0.159. The second kappa shape index (κ2) is 8.46. The average molecular weight is 388 g/mol. The van der Waals surface area contributed by atoms with Crippen LogP contribution in [0, 0.1) is 3.57 Å². The molecule has 0 aromatic heterocycles. The second-order valence-corrected chi connectivity index (χ2v) is 6.27. The molecule has 110 valence electrons. The van der Waals surface area contributed by atoms with E-state index < -0.39 is 0 Å². The summed E-state index contributed by atoms with van der Waals surface area (Å²) in [5.41, 5.74) is 0.816. The van der Waals surface area contributed by atoms with E-state index >= 15 is 0 Å². The minimum atomic E-state index is -0.159.